The maximum Gasteiger partial charge on any atom is 0.0440 e. The van der Waals surface area contributed by atoms with E-state index in [0.29, 0.717) is 12.0 Å². The Balaban J connectivity index is 0.00000162. The zero-order valence-electron chi connectivity index (χ0n) is 11.0. The summed E-state index contributed by atoms with van der Waals surface area (Å²) in [6, 6.07) is 6.79. The second-order valence-corrected chi connectivity index (χ2v) is 5.58. The molecule has 1 aliphatic carbocycles. The van der Waals surface area contributed by atoms with E-state index in [0.717, 1.165) is 30.7 Å². The van der Waals surface area contributed by atoms with Crippen LogP contribution in [-0.2, 0) is 6.42 Å². The van der Waals surface area contributed by atoms with Crippen molar-refractivity contribution in [1.29, 1.82) is 0 Å². The molecule has 1 fully saturated rings. The molecule has 3 heteroatoms. The Morgan fingerprint density at radius 3 is 2.50 bits per heavy atom. The minimum atomic E-state index is 0. The van der Waals surface area contributed by atoms with Crippen molar-refractivity contribution in [1.82, 2.24) is 0 Å². The lowest BCUT2D eigenvalue weighted by Gasteiger charge is -2.28. The number of rotatable bonds is 3. The summed E-state index contributed by atoms with van der Waals surface area (Å²) >= 11 is 6.33. The van der Waals surface area contributed by atoms with Crippen molar-refractivity contribution in [2.24, 2.45) is 5.73 Å². The summed E-state index contributed by atoms with van der Waals surface area (Å²) in [6.07, 6.45) is 7.00. The van der Waals surface area contributed by atoms with E-state index >= 15 is 0 Å². The predicted octanol–water partition coefficient (Wildman–Crippen LogP) is 4.86. The van der Waals surface area contributed by atoms with Gasteiger partial charge in [0.1, 0.15) is 0 Å². The standard InChI is InChI=1S/C15H22ClN.BrH/c1-2-4-14-13(5-3-6-15(14)16)11-7-9-12(17)10-8-11;/h3,5-6,11-12H,2,4,7-10,17H2,1H3;1H. The van der Waals surface area contributed by atoms with E-state index in [4.69, 9.17) is 17.3 Å². The molecule has 0 bridgehead atoms. The van der Waals surface area contributed by atoms with Gasteiger partial charge in [0.25, 0.3) is 0 Å². The highest BCUT2D eigenvalue weighted by Gasteiger charge is 2.22. The monoisotopic (exact) mass is 331 g/mol. The molecular formula is C15H23BrClN. The second kappa shape index (κ2) is 7.52. The molecule has 0 aromatic heterocycles. The molecule has 1 aromatic rings. The zero-order chi connectivity index (χ0) is 12.3. The van der Waals surface area contributed by atoms with Crippen LogP contribution in [0.1, 0.15) is 56.1 Å². The van der Waals surface area contributed by atoms with E-state index in [1.54, 1.807) is 0 Å². The van der Waals surface area contributed by atoms with Crippen LogP contribution in [0.25, 0.3) is 0 Å². The van der Waals surface area contributed by atoms with E-state index in [9.17, 15) is 0 Å². The van der Waals surface area contributed by atoms with Crippen molar-refractivity contribution < 1.29 is 0 Å². The molecule has 0 heterocycles. The van der Waals surface area contributed by atoms with Crippen molar-refractivity contribution in [2.45, 2.75) is 57.4 Å². The van der Waals surface area contributed by atoms with Crippen LogP contribution in [0.4, 0.5) is 0 Å². The molecule has 0 spiro atoms. The van der Waals surface area contributed by atoms with Gasteiger partial charge in [-0.2, -0.15) is 0 Å². The van der Waals surface area contributed by atoms with Crippen LogP contribution >= 0.6 is 28.6 Å². The minimum absolute atomic E-state index is 0. The Morgan fingerprint density at radius 1 is 1.22 bits per heavy atom. The molecule has 1 saturated carbocycles. The molecule has 0 saturated heterocycles. The molecule has 1 aromatic carbocycles. The van der Waals surface area contributed by atoms with Crippen LogP contribution in [0.3, 0.4) is 0 Å². The minimum Gasteiger partial charge on any atom is -0.328 e. The number of halogens is 2. The number of hydrogen-bond acceptors (Lipinski definition) is 1. The highest BCUT2D eigenvalue weighted by molar-refractivity contribution is 8.93. The molecule has 102 valence electrons. The summed E-state index contributed by atoms with van der Waals surface area (Å²) in [7, 11) is 0. The Hall–Kier alpha value is -0.0500. The molecule has 1 aliphatic rings. The summed E-state index contributed by atoms with van der Waals surface area (Å²) < 4.78 is 0. The van der Waals surface area contributed by atoms with Crippen molar-refractivity contribution in [3.8, 4) is 0 Å². The van der Waals surface area contributed by atoms with Gasteiger partial charge >= 0.3 is 0 Å². The average Bonchev–Trinajstić information content (AvgIpc) is 2.33. The first-order valence-electron chi connectivity index (χ1n) is 6.75. The van der Waals surface area contributed by atoms with E-state index in [-0.39, 0.29) is 17.0 Å². The second-order valence-electron chi connectivity index (χ2n) is 5.17. The fraction of sp³-hybridized carbons (Fsp3) is 0.600. The Labute approximate surface area is 126 Å². The summed E-state index contributed by atoms with van der Waals surface area (Å²) in [5.41, 5.74) is 8.83. The molecular weight excluding hydrogens is 310 g/mol. The van der Waals surface area contributed by atoms with E-state index < -0.39 is 0 Å². The lowest BCUT2D eigenvalue weighted by Crippen LogP contribution is -2.26. The van der Waals surface area contributed by atoms with Gasteiger partial charge in [0, 0.05) is 11.1 Å². The molecule has 0 aliphatic heterocycles. The highest BCUT2D eigenvalue weighted by Crippen LogP contribution is 2.36. The lowest BCUT2D eigenvalue weighted by molar-refractivity contribution is 0.394. The topological polar surface area (TPSA) is 26.0 Å². The van der Waals surface area contributed by atoms with Gasteiger partial charge in [-0.1, -0.05) is 37.1 Å². The van der Waals surface area contributed by atoms with Crippen LogP contribution in [0.5, 0.6) is 0 Å². The van der Waals surface area contributed by atoms with Gasteiger partial charge in [0.2, 0.25) is 0 Å². The van der Waals surface area contributed by atoms with Crippen molar-refractivity contribution in [2.75, 3.05) is 0 Å². The van der Waals surface area contributed by atoms with Crippen LogP contribution < -0.4 is 5.73 Å². The Bertz CT molecular complexity index is 373. The normalized spacial score (nSPS) is 23.5. The van der Waals surface area contributed by atoms with Gasteiger partial charge in [0.15, 0.2) is 0 Å². The fourth-order valence-electron chi connectivity index (χ4n) is 2.90. The molecule has 1 nitrogen and oxygen atoms in total. The first kappa shape index (κ1) is 16.0. The molecule has 0 radical (unpaired) electrons. The lowest BCUT2D eigenvalue weighted by atomic mass is 9.80. The summed E-state index contributed by atoms with van der Waals surface area (Å²) in [6.45, 7) is 2.21. The molecule has 2 N–H and O–H groups in total. The first-order chi connectivity index (χ1) is 8.22. The molecule has 2 rings (SSSR count). The SMILES string of the molecule is Br.CCCc1c(Cl)cccc1C1CCC(N)CC1. The third kappa shape index (κ3) is 3.72. The zero-order valence-corrected chi connectivity index (χ0v) is 13.5. The Kier molecular flexibility index (Phi) is 6.68. The maximum absolute atomic E-state index is 6.33. The van der Waals surface area contributed by atoms with Gasteiger partial charge in [0.05, 0.1) is 0 Å². The smallest absolute Gasteiger partial charge is 0.0440 e. The Morgan fingerprint density at radius 2 is 1.89 bits per heavy atom. The van der Waals surface area contributed by atoms with Crippen LogP contribution in [0, 0.1) is 0 Å². The van der Waals surface area contributed by atoms with Gasteiger partial charge in [-0.3, -0.25) is 0 Å². The molecule has 0 amide bonds. The number of hydrogen-bond donors (Lipinski definition) is 1. The van der Waals surface area contributed by atoms with Gasteiger partial charge in [-0.25, -0.2) is 0 Å². The van der Waals surface area contributed by atoms with Crippen LogP contribution in [-0.4, -0.2) is 6.04 Å². The van der Waals surface area contributed by atoms with Crippen molar-refractivity contribution in [3.63, 3.8) is 0 Å². The third-order valence-electron chi connectivity index (χ3n) is 3.87. The van der Waals surface area contributed by atoms with E-state index in [2.05, 4.69) is 19.1 Å². The van der Waals surface area contributed by atoms with Gasteiger partial charge in [-0.15, -0.1) is 17.0 Å². The highest BCUT2D eigenvalue weighted by atomic mass is 79.9. The van der Waals surface area contributed by atoms with Crippen molar-refractivity contribution >= 4 is 28.6 Å². The molecule has 0 atom stereocenters. The summed E-state index contributed by atoms with van der Waals surface area (Å²) in [4.78, 5) is 0. The number of nitrogens with two attached hydrogens (primary N) is 1. The third-order valence-corrected chi connectivity index (χ3v) is 4.22. The largest absolute Gasteiger partial charge is 0.328 e. The van der Waals surface area contributed by atoms with E-state index in [1.807, 2.05) is 6.07 Å². The predicted molar refractivity (Wildman–Crippen MR) is 85.0 cm³/mol. The quantitative estimate of drug-likeness (QED) is 0.841. The van der Waals surface area contributed by atoms with Crippen molar-refractivity contribution in [3.05, 3.63) is 34.3 Å². The van der Waals surface area contributed by atoms with Crippen LogP contribution in [0.15, 0.2) is 18.2 Å². The van der Waals surface area contributed by atoms with Gasteiger partial charge in [-0.05, 0) is 55.2 Å². The van der Waals surface area contributed by atoms with E-state index in [1.165, 1.54) is 24.0 Å². The summed E-state index contributed by atoms with van der Waals surface area (Å²) in [5, 5.41) is 0.944. The van der Waals surface area contributed by atoms with Gasteiger partial charge < -0.3 is 5.73 Å². The molecule has 0 unspecified atom stereocenters. The maximum atomic E-state index is 6.33. The first-order valence-corrected chi connectivity index (χ1v) is 7.13. The summed E-state index contributed by atoms with van der Waals surface area (Å²) in [5.74, 6) is 0.676. The van der Waals surface area contributed by atoms with Crippen LogP contribution in [0.2, 0.25) is 5.02 Å². The molecule has 18 heavy (non-hydrogen) atoms. The number of benzene rings is 1. The average molecular weight is 333 g/mol. The fourth-order valence-corrected chi connectivity index (χ4v) is 3.18.